The fraction of sp³-hybridized carbons (Fsp3) is 0.667. The van der Waals surface area contributed by atoms with Gasteiger partial charge in [-0.1, -0.05) is 50.6 Å². The number of alkyl halides is 4. The van der Waals surface area contributed by atoms with Crippen molar-refractivity contribution in [2.24, 2.45) is 29.1 Å². The number of aromatic nitrogens is 1. The number of Topliss-reactive ketones (excluding diaryl/α,β-unsaturated/α-hetero) is 1. The van der Waals surface area contributed by atoms with Crippen LogP contribution in [0.2, 0.25) is 0 Å². The van der Waals surface area contributed by atoms with E-state index in [9.17, 15) is 40.4 Å². The van der Waals surface area contributed by atoms with E-state index in [2.05, 4.69) is 9.62 Å². The molecule has 4 fully saturated rings. The van der Waals surface area contributed by atoms with Crippen LogP contribution in [0.25, 0.3) is 10.8 Å². The number of nitrogens with zero attached hydrogens (tertiary/aromatic N) is 3. The number of ketones is 1. The Hall–Kier alpha value is -4.32. The highest BCUT2D eigenvalue weighted by Crippen LogP contribution is 2.58. The maximum absolute atomic E-state index is 15.1. The van der Waals surface area contributed by atoms with E-state index in [0.29, 0.717) is 57.4 Å². The first-order valence-electron chi connectivity index (χ1n) is 22.0. The maximum atomic E-state index is 15.1. The number of sulfonamides is 1. The van der Waals surface area contributed by atoms with E-state index in [1.807, 2.05) is 50.3 Å². The number of nitrogens with one attached hydrogen (secondary N) is 1. The number of amides is 2. The van der Waals surface area contributed by atoms with Gasteiger partial charge in [-0.15, -0.1) is 0 Å². The van der Waals surface area contributed by atoms with Gasteiger partial charge in [-0.3, -0.25) is 23.9 Å². The normalized spacial score (nSPS) is 29.8. The summed E-state index contributed by atoms with van der Waals surface area (Å²) in [5.74, 6) is -5.27. The number of benzene rings is 1. The first-order valence-corrected chi connectivity index (χ1v) is 23.5. The number of morpholine rings is 1. The van der Waals surface area contributed by atoms with Crippen molar-refractivity contribution in [3.8, 4) is 5.88 Å². The Morgan fingerprint density at radius 3 is 2.41 bits per heavy atom. The summed E-state index contributed by atoms with van der Waals surface area (Å²) in [7, 11) is -4.42. The van der Waals surface area contributed by atoms with Crippen LogP contribution >= 0.6 is 0 Å². The van der Waals surface area contributed by atoms with Gasteiger partial charge in [0.2, 0.25) is 33.3 Å². The number of hydrogen-bond donors (Lipinski definition) is 1. The molecular weight excluding hydrogens is 849 g/mol. The van der Waals surface area contributed by atoms with Gasteiger partial charge in [-0.25, -0.2) is 17.8 Å². The molecule has 1 aromatic heterocycles. The number of halogens is 4. The summed E-state index contributed by atoms with van der Waals surface area (Å²) in [5.41, 5.74) is -3.46. The van der Waals surface area contributed by atoms with Crippen LogP contribution < -0.4 is 14.4 Å². The first-order chi connectivity index (χ1) is 29.7. The quantitative estimate of drug-likeness (QED) is 0.147. The Bertz CT molecular complexity index is 2210. The van der Waals surface area contributed by atoms with Crippen LogP contribution in [0.5, 0.6) is 5.88 Å². The molecule has 5 aliphatic rings. The minimum atomic E-state index is -4.89. The van der Waals surface area contributed by atoms with Gasteiger partial charge in [-0.05, 0) is 76.2 Å². The van der Waals surface area contributed by atoms with Crippen molar-refractivity contribution in [1.82, 2.24) is 14.6 Å². The predicted octanol–water partition coefficient (Wildman–Crippen LogP) is 6.63. The van der Waals surface area contributed by atoms with Crippen molar-refractivity contribution in [1.29, 1.82) is 0 Å². The van der Waals surface area contributed by atoms with Crippen molar-refractivity contribution in [3.05, 3.63) is 42.6 Å². The number of rotatable bonds is 11. The zero-order valence-corrected chi connectivity index (χ0v) is 37.1. The molecule has 2 saturated heterocycles. The van der Waals surface area contributed by atoms with E-state index in [1.165, 1.54) is 4.90 Å². The standard InChI is InChI=1S/C45H58F4N4O9S/c1-5-29-20-28(2)10-6-7-11-30-23-44(30,41(57)51-63(58,59)43(27-46)14-15-43)24-37(54)35-21-31(26-53(35)40(56)34(29)22-38(55)62-42(3,4)45(47,48)49)61-39-33-13-9-8-12-32(33)36(25-50-39)52-16-18-60-19-17-52/h7-9,11-13,25,28-31,34-35H,5-6,10,14-24,26-27H2,1-4H3,(H,51,57)/b11-7-/t28-,29-,30-,31-,34+,35+,44-/m1/s1. The van der Waals surface area contributed by atoms with E-state index in [-0.39, 0.29) is 44.0 Å². The van der Waals surface area contributed by atoms with Crippen LogP contribution in [0.3, 0.4) is 0 Å². The zero-order chi connectivity index (χ0) is 45.5. The Morgan fingerprint density at radius 1 is 1.06 bits per heavy atom. The Morgan fingerprint density at radius 2 is 1.76 bits per heavy atom. The molecule has 2 saturated carbocycles. The highest BCUT2D eigenvalue weighted by atomic mass is 32.2. The van der Waals surface area contributed by atoms with Gasteiger partial charge in [-0.2, -0.15) is 13.2 Å². The third-order valence-corrected chi connectivity index (χ3v) is 16.1. The van der Waals surface area contributed by atoms with Gasteiger partial charge in [0.1, 0.15) is 17.5 Å². The van der Waals surface area contributed by atoms with Crippen LogP contribution in [0.15, 0.2) is 42.6 Å². The number of carbonyl (C=O) groups is 4. The second-order valence-electron chi connectivity index (χ2n) is 18.7. The summed E-state index contributed by atoms with van der Waals surface area (Å²) in [6.45, 7) is 6.41. The molecule has 0 spiro atoms. The van der Waals surface area contributed by atoms with Crippen LogP contribution in [0, 0.1) is 29.1 Å². The van der Waals surface area contributed by atoms with Crippen molar-refractivity contribution < 1.29 is 59.4 Å². The summed E-state index contributed by atoms with van der Waals surface area (Å²) in [5, 5.41) is 1.55. The summed E-state index contributed by atoms with van der Waals surface area (Å²) < 4.78 is 99.7. The van der Waals surface area contributed by atoms with E-state index in [4.69, 9.17) is 19.2 Å². The Kier molecular flexibility index (Phi) is 13.3. The fourth-order valence-corrected chi connectivity index (χ4v) is 11.0. The fourth-order valence-electron chi connectivity index (χ4n) is 9.52. The van der Waals surface area contributed by atoms with Gasteiger partial charge < -0.3 is 24.0 Å². The minimum Gasteiger partial charge on any atom is -0.472 e. The lowest BCUT2D eigenvalue weighted by molar-refractivity contribution is -0.257. The average molecular weight is 907 g/mol. The molecule has 346 valence electrons. The second kappa shape index (κ2) is 17.9. The largest absolute Gasteiger partial charge is 0.472 e. The minimum absolute atomic E-state index is 0.0117. The van der Waals surface area contributed by atoms with Crippen LogP contribution in [0.4, 0.5) is 23.2 Å². The summed E-state index contributed by atoms with van der Waals surface area (Å²) in [4.78, 5) is 65.6. The topological polar surface area (TPSA) is 162 Å². The molecule has 2 aliphatic carbocycles. The molecule has 2 aromatic rings. The molecule has 2 amide bonds. The van der Waals surface area contributed by atoms with Crippen molar-refractivity contribution in [3.63, 3.8) is 0 Å². The number of esters is 1. The number of carbonyl (C=O) groups excluding carboxylic acids is 4. The predicted molar refractivity (Wildman–Crippen MR) is 225 cm³/mol. The van der Waals surface area contributed by atoms with Gasteiger partial charge in [0.05, 0.1) is 55.4 Å². The van der Waals surface area contributed by atoms with Crippen molar-refractivity contribution in [2.75, 3.05) is 44.4 Å². The highest BCUT2D eigenvalue weighted by Gasteiger charge is 2.64. The number of fused-ring (bicyclic) bond motifs is 3. The molecule has 4 heterocycles. The summed E-state index contributed by atoms with van der Waals surface area (Å²) >= 11 is 0. The molecule has 1 N–H and O–H groups in total. The number of pyridine rings is 1. The number of anilines is 1. The highest BCUT2D eigenvalue weighted by molar-refractivity contribution is 7.91. The number of allylic oxidation sites excluding steroid dienone is 2. The molecule has 3 aliphatic heterocycles. The van der Waals surface area contributed by atoms with Crippen molar-refractivity contribution in [2.45, 2.75) is 121 Å². The zero-order valence-electron chi connectivity index (χ0n) is 36.3. The molecule has 7 atom stereocenters. The van der Waals surface area contributed by atoms with E-state index >= 15 is 4.79 Å². The third kappa shape index (κ3) is 9.57. The lowest BCUT2D eigenvalue weighted by Crippen LogP contribution is -2.49. The molecule has 0 unspecified atom stereocenters. The monoisotopic (exact) mass is 906 g/mol. The molecule has 7 rings (SSSR count). The molecule has 18 heteroatoms. The smallest absolute Gasteiger partial charge is 0.427 e. The second-order valence-corrected chi connectivity index (χ2v) is 20.8. The SMILES string of the molecule is CC[C@@H]1C[C@H](C)CC/C=C\[C@@H]2C[C@@]2(C(=O)NS(=O)(=O)C2(CF)CC2)CC(=O)[C@@H]2C[C@@H](Oc3ncc(N4CCOCC4)c4ccccc34)CN2C(=O)[C@H]1CC(=O)OC(C)(C)C(F)(F)F. The van der Waals surface area contributed by atoms with E-state index < -0.39 is 105 Å². The molecule has 1 aromatic carbocycles. The molecule has 63 heavy (non-hydrogen) atoms. The molecule has 13 nitrogen and oxygen atoms in total. The molecular formula is C45H58F4N4O9S. The van der Waals surface area contributed by atoms with Gasteiger partial charge in [0.25, 0.3) is 0 Å². The third-order valence-electron chi connectivity index (χ3n) is 14.0. The number of ether oxygens (including phenoxy) is 3. The Labute approximate surface area is 365 Å². The lowest BCUT2D eigenvalue weighted by atomic mass is 9.79. The summed E-state index contributed by atoms with van der Waals surface area (Å²) in [6.07, 6.45) is 0.763. The molecule has 0 bridgehead atoms. The number of hydrogen-bond acceptors (Lipinski definition) is 11. The first kappa shape index (κ1) is 46.7. The average Bonchev–Trinajstić information content (AvgIpc) is 4.14. The van der Waals surface area contributed by atoms with E-state index in [0.717, 1.165) is 24.9 Å². The van der Waals surface area contributed by atoms with Crippen molar-refractivity contribution >= 4 is 50.1 Å². The summed E-state index contributed by atoms with van der Waals surface area (Å²) in [6, 6.07) is 6.31. The lowest BCUT2D eigenvalue weighted by Gasteiger charge is -2.34. The van der Waals surface area contributed by atoms with Crippen LogP contribution in [-0.2, 0) is 38.7 Å². The van der Waals surface area contributed by atoms with Gasteiger partial charge in [0.15, 0.2) is 5.78 Å². The van der Waals surface area contributed by atoms with Crippen LogP contribution in [0.1, 0.15) is 91.9 Å². The van der Waals surface area contributed by atoms with Gasteiger partial charge >= 0.3 is 12.1 Å². The molecule has 0 radical (unpaired) electrons. The van der Waals surface area contributed by atoms with E-state index in [1.54, 1.807) is 6.20 Å². The maximum Gasteiger partial charge on any atom is 0.427 e. The van der Waals surface area contributed by atoms with Crippen LogP contribution in [-0.4, -0.2) is 110 Å². The van der Waals surface area contributed by atoms with Gasteiger partial charge in [0, 0.05) is 36.7 Å². The Balaban J connectivity index is 1.24.